The highest BCUT2D eigenvalue weighted by Crippen LogP contribution is 2.49. The van der Waals surface area contributed by atoms with E-state index in [0.717, 1.165) is 58.5 Å². The lowest BCUT2D eigenvalue weighted by atomic mass is 9.80. The number of likely N-dealkylation sites (tertiary alicyclic amines) is 1. The second-order valence-electron chi connectivity index (χ2n) is 8.74. The first-order valence-electron chi connectivity index (χ1n) is 11.3. The normalized spacial score (nSPS) is 24.3. The Morgan fingerprint density at radius 1 is 1.46 bits per heavy atom. The summed E-state index contributed by atoms with van der Waals surface area (Å²) in [7, 11) is 2.82. The molecule has 4 rings (SSSR count). The van der Waals surface area contributed by atoms with Gasteiger partial charge in [0.05, 0.1) is 29.7 Å². The van der Waals surface area contributed by atoms with Gasteiger partial charge in [-0.3, -0.25) is 15.2 Å². The molecule has 0 spiro atoms. The molecular weight excluding hydrogens is 482 g/mol. The summed E-state index contributed by atoms with van der Waals surface area (Å²) >= 11 is 1.06. The Morgan fingerprint density at radius 3 is 2.83 bits per heavy atom. The summed E-state index contributed by atoms with van der Waals surface area (Å²) in [6, 6.07) is 2.11. The molecule has 1 saturated heterocycles. The number of ether oxygens (including phenoxy) is 1. The first-order valence-corrected chi connectivity index (χ1v) is 12.7. The van der Waals surface area contributed by atoms with Crippen LogP contribution in [0, 0.1) is 11.3 Å². The van der Waals surface area contributed by atoms with E-state index in [-0.39, 0.29) is 22.6 Å². The van der Waals surface area contributed by atoms with Gasteiger partial charge >= 0.3 is 0 Å². The fourth-order valence-corrected chi connectivity index (χ4v) is 6.55. The molecule has 184 valence electrons. The third-order valence-corrected chi connectivity index (χ3v) is 8.25. The number of nitriles is 1. The van der Waals surface area contributed by atoms with Crippen molar-refractivity contribution in [1.82, 2.24) is 10.2 Å². The minimum Gasteiger partial charge on any atom is -0.389 e. The maximum absolute atomic E-state index is 14.9. The Morgan fingerprint density at radius 2 is 2.20 bits per heavy atom. The molecule has 10 heteroatoms. The number of anilines is 1. The number of hydrogen-bond donors (Lipinski definition) is 3. The lowest BCUT2D eigenvalue weighted by molar-refractivity contribution is 0.206. The number of nitrogens with one attached hydrogen (secondary N) is 1. The smallest absolute Gasteiger partial charge is 0.136 e. The number of aliphatic imine (C=N–C) groups is 1. The zero-order valence-corrected chi connectivity index (χ0v) is 21.7. The third kappa shape index (κ3) is 4.70. The van der Waals surface area contributed by atoms with E-state index in [1.807, 2.05) is 0 Å². The molecule has 3 atom stereocenters. The maximum Gasteiger partial charge on any atom is 0.136 e. The average molecular weight is 513 g/mol. The predicted octanol–water partition coefficient (Wildman–Crippen LogP) is 3.55. The lowest BCUT2D eigenvalue weighted by Gasteiger charge is -2.33. The molecule has 1 aromatic rings. The highest BCUT2D eigenvalue weighted by atomic mass is 32.1. The number of allylic oxidation sites excluding steroid dienone is 2. The van der Waals surface area contributed by atoms with E-state index in [0.29, 0.717) is 35.9 Å². The van der Waals surface area contributed by atoms with E-state index >= 15 is 0 Å². The molecule has 3 aliphatic rings. The fraction of sp³-hybridized carbons (Fsp3) is 0.360. The molecule has 5 N–H and O–H groups in total. The number of nitrogen functional groups attached to an aromatic ring is 1. The Bertz CT molecular complexity index is 1240. The van der Waals surface area contributed by atoms with Crippen LogP contribution in [-0.4, -0.2) is 56.7 Å². The van der Waals surface area contributed by atoms with Crippen LogP contribution >= 0.6 is 20.6 Å². The van der Waals surface area contributed by atoms with E-state index in [1.165, 1.54) is 6.08 Å². The van der Waals surface area contributed by atoms with Crippen molar-refractivity contribution in [2.24, 2.45) is 10.7 Å². The van der Waals surface area contributed by atoms with Crippen LogP contribution in [-0.2, 0) is 4.74 Å². The van der Waals surface area contributed by atoms with Gasteiger partial charge in [-0.05, 0) is 53.2 Å². The van der Waals surface area contributed by atoms with Crippen LogP contribution in [0.15, 0.2) is 51.5 Å². The molecule has 1 fully saturated rings. The van der Waals surface area contributed by atoms with Gasteiger partial charge in [0.1, 0.15) is 16.9 Å². The van der Waals surface area contributed by atoms with Crippen molar-refractivity contribution in [2.45, 2.75) is 25.4 Å². The second kappa shape index (κ2) is 10.7. The largest absolute Gasteiger partial charge is 0.389 e. The number of rotatable bonds is 7. The summed E-state index contributed by atoms with van der Waals surface area (Å²) < 4.78 is 20.7. The molecule has 3 heterocycles. The van der Waals surface area contributed by atoms with E-state index in [4.69, 9.17) is 16.2 Å². The van der Waals surface area contributed by atoms with Gasteiger partial charge in [0.25, 0.3) is 0 Å². The Balaban J connectivity index is 1.82. The number of nitrogens with two attached hydrogens (primary N) is 2. The highest BCUT2D eigenvalue weighted by Gasteiger charge is 2.37. The molecule has 0 bridgehead atoms. The molecule has 0 saturated carbocycles. The summed E-state index contributed by atoms with van der Waals surface area (Å²) in [6.45, 7) is 12.8. The molecule has 1 aliphatic carbocycles. The van der Waals surface area contributed by atoms with Crippen molar-refractivity contribution in [1.29, 1.82) is 5.26 Å². The van der Waals surface area contributed by atoms with E-state index in [2.05, 4.69) is 43.8 Å². The monoisotopic (exact) mass is 512 g/mol. The van der Waals surface area contributed by atoms with Crippen molar-refractivity contribution in [3.05, 3.63) is 62.5 Å². The number of nitrogens with zero attached hydrogens (tertiary/aromatic N) is 3. The number of halogens is 1. The number of hydrogen-bond acceptors (Lipinski definition) is 8. The van der Waals surface area contributed by atoms with Gasteiger partial charge in [0.2, 0.25) is 0 Å². The van der Waals surface area contributed by atoms with Crippen LogP contribution in [0.3, 0.4) is 0 Å². The average Bonchev–Trinajstić information content (AvgIpc) is 3.56. The molecule has 7 nitrogen and oxygen atoms in total. The van der Waals surface area contributed by atoms with Crippen LogP contribution in [0.5, 0.6) is 0 Å². The summed E-state index contributed by atoms with van der Waals surface area (Å²) in [5.41, 5.74) is 17.2. The van der Waals surface area contributed by atoms with E-state index < -0.39 is 5.83 Å². The van der Waals surface area contributed by atoms with Crippen LogP contribution in [0.25, 0.3) is 11.4 Å². The van der Waals surface area contributed by atoms with Crippen LogP contribution < -0.4 is 16.8 Å². The molecule has 35 heavy (non-hydrogen) atoms. The second-order valence-corrected chi connectivity index (χ2v) is 10.4. The minimum absolute atomic E-state index is 0.181. The fourth-order valence-electron chi connectivity index (χ4n) is 4.90. The van der Waals surface area contributed by atoms with E-state index in [9.17, 15) is 9.65 Å². The standard InChI is InChI=1S/C25H30FN6OPS/c1-4-19(26)24-21(15(7-27)25(29)35-24)13(2)20-18-11-33-10-17(18)16(8-30-3)22(23(20)34)31-12-32-6-5-14(28)9-32/h4,8,14,22,31H,2-3,5-6,9-12,28-29,34H2,1H3/b16-8-,19-4+. The zero-order chi connectivity index (χ0) is 25.3. The summed E-state index contributed by atoms with van der Waals surface area (Å²) in [5, 5.41) is 14.7. The van der Waals surface area contributed by atoms with Crippen LogP contribution in [0.1, 0.15) is 29.3 Å². The summed E-state index contributed by atoms with van der Waals surface area (Å²) in [4.78, 5) is 6.64. The molecule has 0 radical (unpaired) electrons. The van der Waals surface area contributed by atoms with Crippen molar-refractivity contribution in [3.63, 3.8) is 0 Å². The Hall–Kier alpha value is -2.44. The van der Waals surface area contributed by atoms with Crippen LogP contribution in [0.4, 0.5) is 9.39 Å². The van der Waals surface area contributed by atoms with Crippen molar-refractivity contribution < 1.29 is 9.13 Å². The van der Waals surface area contributed by atoms with E-state index in [1.54, 1.807) is 13.1 Å². The van der Waals surface area contributed by atoms with Gasteiger partial charge in [-0.25, -0.2) is 4.39 Å². The Kier molecular flexibility index (Phi) is 7.82. The SMILES string of the molecule is C=N/C=C1/C2=C(COC2)C(C(=C)c2c(/C(F)=C\C)sc(N)c2C#N)=C(P)C1NCN1CCC(N)C1. The Labute approximate surface area is 211 Å². The quantitative estimate of drug-likeness (QED) is 0.381. The zero-order valence-electron chi connectivity index (χ0n) is 19.7. The van der Waals surface area contributed by atoms with Gasteiger partial charge in [-0.1, -0.05) is 12.7 Å². The number of thiophene rings is 1. The van der Waals surface area contributed by atoms with Gasteiger partial charge in [0.15, 0.2) is 0 Å². The minimum atomic E-state index is -0.436. The molecule has 0 aromatic carbocycles. The molecule has 2 aliphatic heterocycles. The molecule has 0 amide bonds. The van der Waals surface area contributed by atoms with Crippen molar-refractivity contribution >= 4 is 43.7 Å². The van der Waals surface area contributed by atoms with Gasteiger partial charge < -0.3 is 16.2 Å². The first kappa shape index (κ1) is 25.6. The van der Waals surface area contributed by atoms with Crippen LogP contribution in [0.2, 0.25) is 0 Å². The maximum atomic E-state index is 14.9. The first-order chi connectivity index (χ1) is 16.8. The molecule has 3 unspecified atom stereocenters. The highest BCUT2D eigenvalue weighted by molar-refractivity contribution is 7.22. The summed E-state index contributed by atoms with van der Waals surface area (Å²) in [5.74, 6) is -0.436. The van der Waals surface area contributed by atoms with Gasteiger partial charge in [-0.15, -0.1) is 20.6 Å². The van der Waals surface area contributed by atoms with Gasteiger partial charge in [0, 0.05) is 37.6 Å². The predicted molar refractivity (Wildman–Crippen MR) is 145 cm³/mol. The lowest BCUT2D eigenvalue weighted by Crippen LogP contribution is -2.42. The van der Waals surface area contributed by atoms with Crippen molar-refractivity contribution in [2.75, 3.05) is 38.7 Å². The molecule has 1 aromatic heterocycles. The summed E-state index contributed by atoms with van der Waals surface area (Å²) in [6.07, 6.45) is 4.09. The van der Waals surface area contributed by atoms with Crippen molar-refractivity contribution in [3.8, 4) is 6.07 Å². The topological polar surface area (TPSA) is 113 Å². The third-order valence-electron chi connectivity index (χ3n) is 6.60. The van der Waals surface area contributed by atoms with Gasteiger partial charge in [-0.2, -0.15) is 5.26 Å². The molecular formula is C25H30FN6OPS.